The van der Waals surface area contributed by atoms with Crippen molar-refractivity contribution in [2.24, 2.45) is 7.05 Å². The lowest BCUT2D eigenvalue weighted by Crippen LogP contribution is -2.25. The number of benzene rings is 5. The van der Waals surface area contributed by atoms with Crippen molar-refractivity contribution in [1.82, 2.24) is 19.1 Å². The highest BCUT2D eigenvalue weighted by atomic mass is 19.1. The molecule has 1 aliphatic heterocycles. The molecule has 8 aromatic rings. The summed E-state index contributed by atoms with van der Waals surface area (Å²) in [6, 6.07) is 39.9. The van der Waals surface area contributed by atoms with Gasteiger partial charge in [-0.3, -0.25) is 4.57 Å². The average Bonchev–Trinajstić information content (AvgIpc) is 3.62. The molecule has 5 nitrogen and oxygen atoms in total. The van der Waals surface area contributed by atoms with E-state index in [9.17, 15) is 0 Å². The van der Waals surface area contributed by atoms with E-state index in [4.69, 9.17) is 14.7 Å². The third-order valence-electron chi connectivity index (χ3n) is 9.72. The summed E-state index contributed by atoms with van der Waals surface area (Å²) in [6.45, 7) is 4.49. The van der Waals surface area contributed by atoms with Gasteiger partial charge in [0, 0.05) is 46.1 Å². The van der Waals surface area contributed by atoms with Crippen LogP contribution in [-0.4, -0.2) is 19.1 Å². The highest BCUT2D eigenvalue weighted by Crippen LogP contribution is 2.52. The second-order valence-electron chi connectivity index (χ2n) is 12.8. The predicted molar refractivity (Wildman–Crippen MR) is 186 cm³/mol. The van der Waals surface area contributed by atoms with E-state index >= 15 is 4.39 Å². The molecule has 0 saturated heterocycles. The second kappa shape index (κ2) is 10.1. The van der Waals surface area contributed by atoms with E-state index < -0.39 is 6.17 Å². The maximum Gasteiger partial charge on any atom is 0.150 e. The van der Waals surface area contributed by atoms with E-state index in [1.165, 1.54) is 0 Å². The van der Waals surface area contributed by atoms with Gasteiger partial charge in [-0.25, -0.2) is 14.4 Å². The molecule has 1 aliphatic rings. The first-order chi connectivity index (χ1) is 22.9. The minimum absolute atomic E-state index is 0.355. The Kier molecular flexibility index (Phi) is 5.94. The Morgan fingerprint density at radius 3 is 2.36 bits per heavy atom. The molecular formula is C41H31FN4O. The van der Waals surface area contributed by atoms with Crippen molar-refractivity contribution in [2.45, 2.75) is 25.4 Å². The summed E-state index contributed by atoms with van der Waals surface area (Å²) in [7, 11) is 2.00. The first-order valence-corrected chi connectivity index (χ1v) is 15.9. The summed E-state index contributed by atoms with van der Waals surface area (Å²) < 4.78 is 27.4. The number of aryl methyl sites for hydroxylation is 1. The molecule has 47 heavy (non-hydrogen) atoms. The molecule has 1 unspecified atom stereocenters. The quantitative estimate of drug-likeness (QED) is 0.198. The normalized spacial score (nSPS) is 14.2. The van der Waals surface area contributed by atoms with Crippen molar-refractivity contribution in [3.05, 3.63) is 150 Å². The summed E-state index contributed by atoms with van der Waals surface area (Å²) in [6.07, 6.45) is 0.457. The smallest absolute Gasteiger partial charge is 0.150 e. The van der Waals surface area contributed by atoms with Gasteiger partial charge in [0.2, 0.25) is 0 Å². The monoisotopic (exact) mass is 614 g/mol. The molecule has 0 aliphatic carbocycles. The van der Waals surface area contributed by atoms with Crippen LogP contribution in [0.3, 0.4) is 0 Å². The van der Waals surface area contributed by atoms with Gasteiger partial charge in [-0.2, -0.15) is 0 Å². The van der Waals surface area contributed by atoms with Crippen LogP contribution >= 0.6 is 0 Å². The average molecular weight is 615 g/mol. The lowest BCUT2D eigenvalue weighted by molar-refractivity contribution is 0.402. The number of hydrogen-bond acceptors (Lipinski definition) is 3. The van der Waals surface area contributed by atoms with Gasteiger partial charge in [-0.1, -0.05) is 80.6 Å². The van der Waals surface area contributed by atoms with Crippen LogP contribution in [0.25, 0.3) is 50.0 Å². The number of imidazole rings is 1. The Hall–Kier alpha value is -5.75. The van der Waals surface area contributed by atoms with Crippen molar-refractivity contribution in [1.29, 1.82) is 0 Å². The molecule has 6 heteroatoms. The van der Waals surface area contributed by atoms with Crippen molar-refractivity contribution in [3.8, 4) is 28.7 Å². The van der Waals surface area contributed by atoms with E-state index in [0.29, 0.717) is 11.1 Å². The largest absolute Gasteiger partial charge is 0.457 e. The van der Waals surface area contributed by atoms with Crippen LogP contribution in [0.1, 0.15) is 42.3 Å². The molecular weight excluding hydrogens is 583 g/mol. The summed E-state index contributed by atoms with van der Waals surface area (Å²) in [5.74, 6) is 3.27. The fourth-order valence-electron chi connectivity index (χ4n) is 7.43. The number of para-hydroxylation sites is 3. The zero-order chi connectivity index (χ0) is 31.9. The molecule has 5 aromatic carbocycles. The standard InChI is InChI=1S/C41H31FN4O/c1-41(2)30-13-4-7-16-34(30)47-35-21-20-29-28-19-18-26(24-33(28)46(39(29)37(35)41)36-17-8-9-22-43-36)38(42)25-11-10-12-27(23-25)40-44-31-14-5-6-15-32(31)45(40)3/h4-24,38H,1-3H3. The Balaban J connectivity index is 1.23. The highest BCUT2D eigenvalue weighted by molar-refractivity contribution is 6.11. The Labute approximate surface area is 271 Å². The SMILES string of the molecule is Cn1c(-c2cccc(C(F)c3ccc4c5ccc6c(c5n(-c5ccccn5)c4c3)C(C)(C)c3ccccc3O6)c2)nc2ccccc21. The first-order valence-electron chi connectivity index (χ1n) is 15.9. The number of halogens is 1. The fourth-order valence-corrected chi connectivity index (χ4v) is 7.43. The van der Waals surface area contributed by atoms with Crippen LogP contribution in [-0.2, 0) is 12.5 Å². The van der Waals surface area contributed by atoms with Gasteiger partial charge < -0.3 is 9.30 Å². The third-order valence-corrected chi connectivity index (χ3v) is 9.72. The van der Waals surface area contributed by atoms with E-state index in [1.54, 1.807) is 6.20 Å². The molecule has 0 bridgehead atoms. The Morgan fingerprint density at radius 2 is 1.51 bits per heavy atom. The number of alkyl halides is 1. The molecule has 0 N–H and O–H groups in total. The maximum atomic E-state index is 16.7. The van der Waals surface area contributed by atoms with Crippen molar-refractivity contribution < 1.29 is 9.13 Å². The number of hydrogen-bond donors (Lipinski definition) is 0. The lowest BCUT2D eigenvalue weighted by Gasteiger charge is -2.35. The fraction of sp³-hybridized carbons (Fsp3) is 0.122. The highest BCUT2D eigenvalue weighted by Gasteiger charge is 2.37. The minimum Gasteiger partial charge on any atom is -0.457 e. The van der Waals surface area contributed by atoms with Crippen LogP contribution in [0.15, 0.2) is 128 Å². The Bertz CT molecular complexity index is 2510. The molecule has 9 rings (SSSR count). The van der Waals surface area contributed by atoms with E-state index in [-0.39, 0.29) is 5.41 Å². The lowest BCUT2D eigenvalue weighted by atomic mass is 9.75. The van der Waals surface area contributed by atoms with Crippen molar-refractivity contribution in [3.63, 3.8) is 0 Å². The van der Waals surface area contributed by atoms with Gasteiger partial charge in [0.1, 0.15) is 23.1 Å². The van der Waals surface area contributed by atoms with Crippen LogP contribution in [0, 0.1) is 0 Å². The number of fused-ring (bicyclic) bond motifs is 7. The minimum atomic E-state index is -1.34. The van der Waals surface area contributed by atoms with Crippen LogP contribution in [0.4, 0.5) is 4.39 Å². The topological polar surface area (TPSA) is 44.9 Å². The molecule has 3 aromatic heterocycles. The van der Waals surface area contributed by atoms with E-state index in [0.717, 1.165) is 72.7 Å². The van der Waals surface area contributed by atoms with Gasteiger partial charge in [-0.15, -0.1) is 0 Å². The number of aromatic nitrogens is 4. The number of pyridine rings is 1. The number of nitrogens with zero attached hydrogens (tertiary/aromatic N) is 4. The maximum absolute atomic E-state index is 16.7. The van der Waals surface area contributed by atoms with Gasteiger partial charge in [0.05, 0.1) is 22.1 Å². The van der Waals surface area contributed by atoms with E-state index in [1.807, 2.05) is 104 Å². The molecule has 228 valence electrons. The zero-order valence-electron chi connectivity index (χ0n) is 26.3. The number of rotatable bonds is 4. The van der Waals surface area contributed by atoms with Crippen LogP contribution < -0.4 is 4.74 Å². The molecule has 0 amide bonds. The zero-order valence-corrected chi connectivity index (χ0v) is 26.3. The molecule has 4 heterocycles. The first kappa shape index (κ1) is 27.6. The van der Waals surface area contributed by atoms with Gasteiger partial charge in [0.25, 0.3) is 0 Å². The van der Waals surface area contributed by atoms with Crippen LogP contribution in [0.2, 0.25) is 0 Å². The van der Waals surface area contributed by atoms with Gasteiger partial charge in [-0.05, 0) is 65.7 Å². The predicted octanol–water partition coefficient (Wildman–Crippen LogP) is 10.2. The molecule has 1 atom stereocenters. The molecule has 0 spiro atoms. The third kappa shape index (κ3) is 4.07. The number of ether oxygens (including phenoxy) is 1. The van der Waals surface area contributed by atoms with Crippen molar-refractivity contribution >= 4 is 32.8 Å². The summed E-state index contributed by atoms with van der Waals surface area (Å²) in [5.41, 5.74) is 7.77. The molecule has 0 saturated carbocycles. The van der Waals surface area contributed by atoms with Crippen LogP contribution in [0.5, 0.6) is 11.5 Å². The van der Waals surface area contributed by atoms with Gasteiger partial charge in [0.15, 0.2) is 6.17 Å². The molecule has 0 fully saturated rings. The van der Waals surface area contributed by atoms with E-state index in [2.05, 4.69) is 47.2 Å². The summed E-state index contributed by atoms with van der Waals surface area (Å²) in [4.78, 5) is 9.63. The Morgan fingerprint density at radius 1 is 0.723 bits per heavy atom. The second-order valence-corrected chi connectivity index (χ2v) is 12.8. The summed E-state index contributed by atoms with van der Waals surface area (Å²) in [5, 5.41) is 2.11. The molecule has 0 radical (unpaired) electrons. The summed E-state index contributed by atoms with van der Waals surface area (Å²) >= 11 is 0. The van der Waals surface area contributed by atoms with Gasteiger partial charge >= 0.3 is 0 Å². The van der Waals surface area contributed by atoms with Crippen molar-refractivity contribution in [2.75, 3.05) is 0 Å².